The highest BCUT2D eigenvalue weighted by Crippen LogP contribution is 2.31. The summed E-state index contributed by atoms with van der Waals surface area (Å²) in [7, 11) is 3.11. The second kappa shape index (κ2) is 8.34. The summed E-state index contributed by atoms with van der Waals surface area (Å²) >= 11 is 0. The van der Waals surface area contributed by atoms with Crippen LogP contribution in [0.25, 0.3) is 0 Å². The molecule has 8 heteroatoms. The molecule has 1 amide bonds. The summed E-state index contributed by atoms with van der Waals surface area (Å²) < 4.78 is 24.3. The fraction of sp³-hybridized carbons (Fsp3) is 0.150. The second-order valence-corrected chi connectivity index (χ2v) is 5.81. The molecule has 0 saturated carbocycles. The monoisotopic (exact) mass is 382 g/mol. The van der Waals surface area contributed by atoms with Gasteiger partial charge < -0.3 is 20.1 Å². The van der Waals surface area contributed by atoms with Crippen molar-refractivity contribution in [3.8, 4) is 11.5 Å². The molecule has 0 unspecified atom stereocenters. The number of halogens is 1. The summed E-state index contributed by atoms with van der Waals surface area (Å²) in [6, 6.07) is 12.7. The van der Waals surface area contributed by atoms with E-state index in [2.05, 4.69) is 20.6 Å². The van der Waals surface area contributed by atoms with Crippen molar-refractivity contribution in [3.05, 3.63) is 65.9 Å². The number of carbonyl (C=O) groups is 1. The van der Waals surface area contributed by atoms with Crippen LogP contribution in [-0.2, 0) is 0 Å². The van der Waals surface area contributed by atoms with Gasteiger partial charge in [0.2, 0.25) is 0 Å². The fourth-order valence-corrected chi connectivity index (χ4v) is 2.54. The van der Waals surface area contributed by atoms with Gasteiger partial charge in [0, 0.05) is 12.1 Å². The molecule has 0 radical (unpaired) electrons. The van der Waals surface area contributed by atoms with Gasteiger partial charge >= 0.3 is 0 Å². The van der Waals surface area contributed by atoms with Gasteiger partial charge in [-0.25, -0.2) is 14.4 Å². The lowest BCUT2D eigenvalue weighted by molar-refractivity contribution is 0.102. The van der Waals surface area contributed by atoms with Gasteiger partial charge in [0.25, 0.3) is 5.91 Å². The first-order chi connectivity index (χ1) is 13.5. The Bertz CT molecular complexity index is 1010. The average Bonchev–Trinajstić information content (AvgIpc) is 2.69. The van der Waals surface area contributed by atoms with E-state index in [-0.39, 0.29) is 11.4 Å². The van der Waals surface area contributed by atoms with Crippen LogP contribution in [0.2, 0.25) is 0 Å². The highest BCUT2D eigenvalue weighted by Gasteiger charge is 2.14. The molecule has 1 aromatic heterocycles. The number of amides is 1. The number of para-hydroxylation sites is 1. The number of carbonyl (C=O) groups excluding carboxylic acids is 1. The number of ether oxygens (including phenoxy) is 2. The van der Waals surface area contributed by atoms with Gasteiger partial charge in [-0.3, -0.25) is 4.79 Å². The molecule has 28 heavy (non-hydrogen) atoms. The predicted molar refractivity (Wildman–Crippen MR) is 104 cm³/mol. The Kier molecular flexibility index (Phi) is 5.69. The van der Waals surface area contributed by atoms with Crippen molar-refractivity contribution in [2.24, 2.45) is 0 Å². The fourth-order valence-electron chi connectivity index (χ4n) is 2.54. The molecular formula is C20H19FN4O3. The van der Waals surface area contributed by atoms with E-state index >= 15 is 0 Å². The van der Waals surface area contributed by atoms with Gasteiger partial charge in [0.15, 0.2) is 0 Å². The Balaban J connectivity index is 1.86. The topological polar surface area (TPSA) is 85.4 Å². The molecule has 3 aromatic rings. The molecule has 144 valence electrons. The van der Waals surface area contributed by atoms with E-state index in [9.17, 15) is 9.18 Å². The highest BCUT2D eigenvalue weighted by molar-refractivity contribution is 6.03. The van der Waals surface area contributed by atoms with E-state index in [1.54, 1.807) is 51.5 Å². The zero-order chi connectivity index (χ0) is 20.1. The van der Waals surface area contributed by atoms with Gasteiger partial charge in [0.1, 0.15) is 34.7 Å². The van der Waals surface area contributed by atoms with Gasteiger partial charge in [-0.2, -0.15) is 0 Å². The van der Waals surface area contributed by atoms with E-state index in [0.29, 0.717) is 28.8 Å². The summed E-state index contributed by atoms with van der Waals surface area (Å²) in [5.74, 6) is 0.910. The van der Waals surface area contributed by atoms with Crippen molar-refractivity contribution in [2.75, 3.05) is 24.9 Å². The van der Waals surface area contributed by atoms with E-state index in [4.69, 9.17) is 9.47 Å². The van der Waals surface area contributed by atoms with E-state index in [0.717, 1.165) is 0 Å². The Morgan fingerprint density at radius 3 is 2.50 bits per heavy atom. The van der Waals surface area contributed by atoms with Crippen LogP contribution in [0, 0.1) is 12.7 Å². The molecule has 2 N–H and O–H groups in total. The quantitative estimate of drug-likeness (QED) is 0.672. The minimum Gasteiger partial charge on any atom is -0.497 e. The molecule has 0 aliphatic heterocycles. The van der Waals surface area contributed by atoms with Crippen molar-refractivity contribution < 1.29 is 18.7 Å². The Morgan fingerprint density at radius 1 is 1.00 bits per heavy atom. The molecule has 0 aliphatic carbocycles. The number of aryl methyl sites for hydroxylation is 1. The molecule has 0 saturated heterocycles. The van der Waals surface area contributed by atoms with Gasteiger partial charge in [-0.05, 0) is 31.2 Å². The minimum absolute atomic E-state index is 0.0788. The highest BCUT2D eigenvalue weighted by atomic mass is 19.1. The first kappa shape index (κ1) is 19.1. The molecule has 0 aliphatic rings. The van der Waals surface area contributed by atoms with Gasteiger partial charge in [0.05, 0.1) is 25.6 Å². The molecule has 7 nitrogen and oxygen atoms in total. The number of methoxy groups -OCH3 is 2. The number of benzene rings is 2. The lowest BCUT2D eigenvalue weighted by atomic mass is 10.2. The van der Waals surface area contributed by atoms with Crippen LogP contribution < -0.4 is 20.1 Å². The smallest absolute Gasteiger partial charge is 0.274 e. The Morgan fingerprint density at radius 2 is 1.79 bits per heavy atom. The standard InChI is InChI=1S/C20H19FN4O3/c1-12-22-17(20(26)25-15-7-5-4-6-14(15)21)11-19(23-12)24-16-9-8-13(27-2)10-18(16)28-3/h4-11H,1-3H3,(H,25,26)(H,22,23,24). The summed E-state index contributed by atoms with van der Waals surface area (Å²) in [6.07, 6.45) is 0. The van der Waals surface area contributed by atoms with Gasteiger partial charge in [-0.1, -0.05) is 12.1 Å². The third kappa shape index (κ3) is 4.35. The largest absolute Gasteiger partial charge is 0.497 e. The zero-order valence-electron chi connectivity index (χ0n) is 15.6. The molecule has 0 atom stereocenters. The Hall–Kier alpha value is -3.68. The van der Waals surface area contributed by atoms with E-state index in [1.807, 2.05) is 0 Å². The lowest BCUT2D eigenvalue weighted by Gasteiger charge is -2.13. The number of nitrogens with zero attached hydrogens (tertiary/aromatic N) is 2. The molecule has 3 rings (SSSR count). The Labute approximate surface area is 161 Å². The SMILES string of the molecule is COc1ccc(Nc2cc(C(=O)Nc3ccccc3F)nc(C)n2)c(OC)c1. The minimum atomic E-state index is -0.541. The maximum Gasteiger partial charge on any atom is 0.274 e. The second-order valence-electron chi connectivity index (χ2n) is 5.81. The number of hydrogen-bond acceptors (Lipinski definition) is 6. The van der Waals surface area contributed by atoms with Crippen LogP contribution in [0.4, 0.5) is 21.6 Å². The average molecular weight is 382 g/mol. The predicted octanol–water partition coefficient (Wildman–Crippen LogP) is 3.94. The van der Waals surface area contributed by atoms with E-state index < -0.39 is 11.7 Å². The van der Waals surface area contributed by atoms with Gasteiger partial charge in [-0.15, -0.1) is 0 Å². The van der Waals surface area contributed by atoms with Crippen LogP contribution in [0.5, 0.6) is 11.5 Å². The third-order valence-electron chi connectivity index (χ3n) is 3.86. The molecule has 0 spiro atoms. The normalized spacial score (nSPS) is 10.3. The lowest BCUT2D eigenvalue weighted by Crippen LogP contribution is -2.16. The van der Waals surface area contributed by atoms with Crippen molar-refractivity contribution in [2.45, 2.75) is 6.92 Å². The summed E-state index contributed by atoms with van der Waals surface area (Å²) in [5.41, 5.74) is 0.822. The van der Waals surface area contributed by atoms with Crippen molar-refractivity contribution in [1.82, 2.24) is 9.97 Å². The van der Waals surface area contributed by atoms with Crippen LogP contribution in [0.3, 0.4) is 0 Å². The summed E-state index contributed by atoms with van der Waals surface area (Å²) in [6.45, 7) is 1.66. The summed E-state index contributed by atoms with van der Waals surface area (Å²) in [4.78, 5) is 20.9. The number of anilines is 3. The van der Waals surface area contributed by atoms with Crippen LogP contribution in [0.15, 0.2) is 48.5 Å². The molecule has 0 bridgehead atoms. The number of aromatic nitrogens is 2. The zero-order valence-corrected chi connectivity index (χ0v) is 15.6. The molecule has 2 aromatic carbocycles. The maximum absolute atomic E-state index is 13.8. The van der Waals surface area contributed by atoms with Crippen molar-refractivity contribution in [1.29, 1.82) is 0 Å². The first-order valence-electron chi connectivity index (χ1n) is 8.41. The van der Waals surface area contributed by atoms with Crippen molar-refractivity contribution in [3.63, 3.8) is 0 Å². The number of hydrogen-bond donors (Lipinski definition) is 2. The van der Waals surface area contributed by atoms with Crippen LogP contribution >= 0.6 is 0 Å². The van der Waals surface area contributed by atoms with Crippen LogP contribution in [-0.4, -0.2) is 30.1 Å². The molecular weight excluding hydrogens is 363 g/mol. The summed E-state index contributed by atoms with van der Waals surface area (Å²) in [5, 5.41) is 5.61. The first-order valence-corrected chi connectivity index (χ1v) is 8.41. The number of rotatable bonds is 6. The molecule has 1 heterocycles. The van der Waals surface area contributed by atoms with Crippen LogP contribution in [0.1, 0.15) is 16.3 Å². The third-order valence-corrected chi connectivity index (χ3v) is 3.86. The van der Waals surface area contributed by atoms with E-state index in [1.165, 1.54) is 18.2 Å². The maximum atomic E-state index is 13.8. The molecule has 0 fully saturated rings. The number of nitrogens with one attached hydrogen (secondary N) is 2. The van der Waals surface area contributed by atoms with Crippen molar-refractivity contribution >= 4 is 23.1 Å².